The molecule has 10 nitrogen and oxygen atoms in total. The number of hydrogen-bond donors (Lipinski definition) is 0. The summed E-state index contributed by atoms with van der Waals surface area (Å²) in [7, 11) is 0. The van der Waals surface area contributed by atoms with E-state index in [4.69, 9.17) is 4.74 Å². The number of nitrogens with zero attached hydrogens (tertiary/aromatic N) is 4. The summed E-state index contributed by atoms with van der Waals surface area (Å²) in [5.41, 5.74) is 0.663. The predicted octanol–water partition coefficient (Wildman–Crippen LogP) is 2.67. The van der Waals surface area contributed by atoms with Crippen LogP contribution >= 0.6 is 0 Å². The second-order valence-corrected chi connectivity index (χ2v) is 7.09. The van der Waals surface area contributed by atoms with Gasteiger partial charge in [0.1, 0.15) is 5.69 Å². The highest BCUT2D eigenvalue weighted by atomic mass is 16.6. The van der Waals surface area contributed by atoms with Crippen LogP contribution in [0.5, 0.6) is 0 Å². The summed E-state index contributed by atoms with van der Waals surface area (Å²) in [6, 6.07) is 10.7. The molecular weight excluding hydrogens is 404 g/mol. The third-order valence-electron chi connectivity index (χ3n) is 5.36. The van der Waals surface area contributed by atoms with Crippen LogP contribution in [-0.4, -0.2) is 60.5 Å². The van der Waals surface area contributed by atoms with Crippen LogP contribution in [0.15, 0.2) is 42.5 Å². The standard InChI is InChI=1S/C21H20N4O6/c1-2-31-21(28)23-11-9-22(10-12-23)14-7-8-17(25(29)30)18(13-14)24-19(26)15-5-3-4-6-16(15)20(24)27/h3-8,13H,2,9-12H2,1H3. The molecule has 10 heteroatoms. The maximum absolute atomic E-state index is 12.9. The number of benzene rings is 2. The zero-order valence-electron chi connectivity index (χ0n) is 16.8. The van der Waals surface area contributed by atoms with Gasteiger partial charge in [0.15, 0.2) is 0 Å². The number of carbonyl (C=O) groups is 3. The summed E-state index contributed by atoms with van der Waals surface area (Å²) in [5.74, 6) is -1.18. The highest BCUT2D eigenvalue weighted by Crippen LogP contribution is 2.37. The average Bonchev–Trinajstić information content (AvgIpc) is 3.04. The first-order valence-corrected chi connectivity index (χ1v) is 9.85. The molecule has 0 bridgehead atoms. The Balaban J connectivity index is 1.63. The van der Waals surface area contributed by atoms with Crippen LogP contribution in [0, 0.1) is 10.1 Å². The van der Waals surface area contributed by atoms with Crippen LogP contribution in [0.25, 0.3) is 0 Å². The molecule has 0 unspecified atom stereocenters. The number of fused-ring (bicyclic) bond motifs is 1. The summed E-state index contributed by atoms with van der Waals surface area (Å²) < 4.78 is 5.02. The Hall–Kier alpha value is -3.95. The number of nitro benzene ring substituents is 1. The number of rotatable bonds is 4. The van der Waals surface area contributed by atoms with Gasteiger partial charge in [0.2, 0.25) is 0 Å². The topological polar surface area (TPSA) is 113 Å². The highest BCUT2D eigenvalue weighted by molar-refractivity contribution is 6.35. The first-order chi connectivity index (χ1) is 14.9. The maximum atomic E-state index is 12.9. The van der Waals surface area contributed by atoms with Crippen molar-refractivity contribution in [3.63, 3.8) is 0 Å². The molecule has 0 aromatic heterocycles. The van der Waals surface area contributed by atoms with Crippen LogP contribution < -0.4 is 9.80 Å². The van der Waals surface area contributed by atoms with Gasteiger partial charge in [-0.3, -0.25) is 19.7 Å². The lowest BCUT2D eigenvalue weighted by atomic mass is 10.1. The molecule has 0 N–H and O–H groups in total. The minimum Gasteiger partial charge on any atom is -0.450 e. The van der Waals surface area contributed by atoms with Gasteiger partial charge in [0.25, 0.3) is 17.5 Å². The molecule has 0 radical (unpaired) electrons. The van der Waals surface area contributed by atoms with Crippen molar-refractivity contribution < 1.29 is 24.0 Å². The minimum absolute atomic E-state index is 0.0680. The first kappa shape index (κ1) is 20.3. The first-order valence-electron chi connectivity index (χ1n) is 9.85. The van der Waals surface area contributed by atoms with Crippen molar-refractivity contribution >= 4 is 35.0 Å². The van der Waals surface area contributed by atoms with E-state index < -0.39 is 16.7 Å². The summed E-state index contributed by atoms with van der Waals surface area (Å²) >= 11 is 0. The van der Waals surface area contributed by atoms with Crippen LogP contribution in [0.2, 0.25) is 0 Å². The van der Waals surface area contributed by atoms with Crippen molar-refractivity contribution in [1.82, 2.24) is 4.90 Å². The van der Waals surface area contributed by atoms with E-state index in [1.807, 2.05) is 4.90 Å². The van der Waals surface area contributed by atoms with Crippen molar-refractivity contribution in [2.75, 3.05) is 42.6 Å². The number of imide groups is 1. The van der Waals surface area contributed by atoms with Crippen LogP contribution in [0.3, 0.4) is 0 Å². The zero-order valence-corrected chi connectivity index (χ0v) is 16.8. The molecule has 2 aliphatic heterocycles. The quantitative estimate of drug-likeness (QED) is 0.421. The molecular formula is C21H20N4O6. The minimum atomic E-state index is -0.610. The fraction of sp³-hybridized carbons (Fsp3) is 0.286. The highest BCUT2D eigenvalue weighted by Gasteiger charge is 2.40. The average molecular weight is 424 g/mol. The van der Waals surface area contributed by atoms with Crippen molar-refractivity contribution in [2.24, 2.45) is 0 Å². The Kier molecular flexibility index (Phi) is 5.28. The maximum Gasteiger partial charge on any atom is 0.409 e. The Morgan fingerprint density at radius 2 is 1.65 bits per heavy atom. The molecule has 1 fully saturated rings. The predicted molar refractivity (Wildman–Crippen MR) is 111 cm³/mol. The van der Waals surface area contributed by atoms with Gasteiger partial charge in [-0.05, 0) is 31.2 Å². The summed E-state index contributed by atoms with van der Waals surface area (Å²) in [6.07, 6.45) is -0.377. The fourth-order valence-corrected chi connectivity index (χ4v) is 3.81. The van der Waals surface area contributed by atoms with E-state index in [1.54, 1.807) is 30.0 Å². The van der Waals surface area contributed by atoms with E-state index in [2.05, 4.69) is 0 Å². The summed E-state index contributed by atoms with van der Waals surface area (Å²) in [6.45, 7) is 3.86. The smallest absolute Gasteiger partial charge is 0.409 e. The number of ether oxygens (including phenoxy) is 1. The van der Waals surface area contributed by atoms with Gasteiger partial charge in [0.05, 0.1) is 22.7 Å². The lowest BCUT2D eigenvalue weighted by Gasteiger charge is -2.35. The molecule has 2 aromatic carbocycles. The van der Waals surface area contributed by atoms with E-state index in [1.165, 1.54) is 24.3 Å². The molecule has 1 saturated heterocycles. The molecule has 2 aliphatic rings. The molecule has 0 saturated carbocycles. The molecule has 3 amide bonds. The second-order valence-electron chi connectivity index (χ2n) is 7.09. The van der Waals surface area contributed by atoms with Crippen molar-refractivity contribution in [3.05, 3.63) is 63.7 Å². The van der Waals surface area contributed by atoms with E-state index in [-0.39, 0.29) is 28.6 Å². The van der Waals surface area contributed by atoms with E-state index in [0.717, 1.165) is 4.90 Å². The van der Waals surface area contributed by atoms with Gasteiger partial charge in [-0.1, -0.05) is 12.1 Å². The van der Waals surface area contributed by atoms with Crippen molar-refractivity contribution in [2.45, 2.75) is 6.92 Å². The van der Waals surface area contributed by atoms with Gasteiger partial charge in [-0.15, -0.1) is 0 Å². The van der Waals surface area contributed by atoms with Crippen LogP contribution in [-0.2, 0) is 4.74 Å². The lowest BCUT2D eigenvalue weighted by Crippen LogP contribution is -2.49. The fourth-order valence-electron chi connectivity index (χ4n) is 3.81. The number of piperazine rings is 1. The Morgan fingerprint density at radius 3 is 2.19 bits per heavy atom. The van der Waals surface area contributed by atoms with Crippen molar-refractivity contribution in [1.29, 1.82) is 0 Å². The van der Waals surface area contributed by atoms with E-state index in [9.17, 15) is 24.5 Å². The van der Waals surface area contributed by atoms with Gasteiger partial charge in [-0.25, -0.2) is 9.69 Å². The Bertz CT molecular complexity index is 1040. The summed E-state index contributed by atoms with van der Waals surface area (Å²) in [5, 5.41) is 11.6. The Morgan fingerprint density at radius 1 is 1.03 bits per heavy atom. The molecule has 0 atom stereocenters. The van der Waals surface area contributed by atoms with E-state index >= 15 is 0 Å². The molecule has 0 aliphatic carbocycles. The van der Waals surface area contributed by atoms with Crippen molar-refractivity contribution in [3.8, 4) is 0 Å². The molecule has 2 heterocycles. The van der Waals surface area contributed by atoms with E-state index in [0.29, 0.717) is 38.5 Å². The second kappa shape index (κ2) is 8.05. The molecule has 0 spiro atoms. The van der Waals surface area contributed by atoms with Gasteiger partial charge >= 0.3 is 6.09 Å². The number of nitro groups is 1. The zero-order chi connectivity index (χ0) is 22.1. The molecule has 31 heavy (non-hydrogen) atoms. The number of anilines is 2. The van der Waals surface area contributed by atoms with Crippen LogP contribution in [0.1, 0.15) is 27.6 Å². The summed E-state index contributed by atoms with van der Waals surface area (Å²) in [4.78, 5) is 53.0. The third-order valence-corrected chi connectivity index (χ3v) is 5.36. The van der Waals surface area contributed by atoms with Gasteiger partial charge in [0, 0.05) is 37.9 Å². The number of hydrogen-bond acceptors (Lipinski definition) is 7. The SMILES string of the molecule is CCOC(=O)N1CCN(c2ccc([N+](=O)[O-])c(N3C(=O)c4ccccc4C3=O)c2)CC1. The number of amides is 3. The van der Waals surface area contributed by atoms with Gasteiger partial charge < -0.3 is 14.5 Å². The Labute approximate surface area is 177 Å². The molecule has 2 aromatic rings. The number of carbonyl (C=O) groups excluding carboxylic acids is 3. The normalized spacial score (nSPS) is 15.8. The lowest BCUT2D eigenvalue weighted by molar-refractivity contribution is -0.384. The molecule has 160 valence electrons. The van der Waals surface area contributed by atoms with Gasteiger partial charge in [-0.2, -0.15) is 0 Å². The largest absolute Gasteiger partial charge is 0.450 e. The van der Waals surface area contributed by atoms with Crippen LogP contribution in [0.4, 0.5) is 21.9 Å². The molecule has 4 rings (SSSR count). The third kappa shape index (κ3) is 3.56. The monoisotopic (exact) mass is 424 g/mol.